The fourth-order valence-electron chi connectivity index (χ4n) is 4.48. The lowest BCUT2D eigenvalue weighted by molar-refractivity contribution is -0.389. The zero-order valence-corrected chi connectivity index (χ0v) is 23.8. The van der Waals surface area contributed by atoms with Gasteiger partial charge < -0.3 is 15.4 Å². The number of aryl methyl sites for hydroxylation is 2. The molecular formula is C30H21F9N4O3. The molecule has 0 aliphatic heterocycles. The number of benzene rings is 3. The Morgan fingerprint density at radius 2 is 1.43 bits per heavy atom. The second-order valence-corrected chi connectivity index (χ2v) is 9.91. The normalized spacial score (nSPS) is 13.3. The molecule has 0 saturated carbocycles. The quantitative estimate of drug-likeness (QED) is 0.242. The van der Waals surface area contributed by atoms with Gasteiger partial charge in [-0.15, -0.1) is 0 Å². The van der Waals surface area contributed by atoms with Gasteiger partial charge in [0.2, 0.25) is 0 Å². The molecule has 0 radical (unpaired) electrons. The van der Waals surface area contributed by atoms with Gasteiger partial charge in [-0.1, -0.05) is 6.07 Å². The van der Waals surface area contributed by atoms with Crippen LogP contribution in [0.15, 0.2) is 48.5 Å². The predicted molar refractivity (Wildman–Crippen MR) is 145 cm³/mol. The van der Waals surface area contributed by atoms with Crippen molar-refractivity contribution in [2.75, 3.05) is 17.7 Å². The van der Waals surface area contributed by atoms with Crippen molar-refractivity contribution in [3.8, 4) is 12.1 Å². The maximum Gasteiger partial charge on any atom is 0.457 e. The molecule has 0 spiro atoms. The number of carbonyl (C=O) groups is 2. The number of amides is 2. The highest BCUT2D eigenvalue weighted by Crippen LogP contribution is 2.58. The van der Waals surface area contributed by atoms with Crippen molar-refractivity contribution < 1.29 is 53.8 Å². The van der Waals surface area contributed by atoms with Crippen LogP contribution in [0.25, 0.3) is 0 Å². The van der Waals surface area contributed by atoms with Crippen LogP contribution in [0.4, 0.5) is 50.9 Å². The van der Waals surface area contributed by atoms with Crippen LogP contribution in [0.2, 0.25) is 0 Å². The maximum absolute atomic E-state index is 15.2. The van der Waals surface area contributed by atoms with Gasteiger partial charge in [0.05, 0.1) is 29.5 Å². The summed E-state index contributed by atoms with van der Waals surface area (Å²) in [6.45, 7) is 1.74. The summed E-state index contributed by atoms with van der Waals surface area (Å²) in [5.74, 6) is -8.63. The SMILES string of the molecule is COCc1cc(C(F)(C(F)(F)F)C(F)(F)C(F)(F)F)cc(C)c1NC(=O)c1ccc(C#N)c(NC(=O)c2ccc(C#N)cc2C)c1. The molecule has 2 amide bonds. The van der Waals surface area contributed by atoms with Crippen molar-refractivity contribution in [3.05, 3.63) is 93.0 Å². The Morgan fingerprint density at radius 3 is 1.96 bits per heavy atom. The van der Waals surface area contributed by atoms with Gasteiger partial charge >= 0.3 is 23.9 Å². The van der Waals surface area contributed by atoms with E-state index in [-0.39, 0.29) is 40.1 Å². The number of halogens is 9. The van der Waals surface area contributed by atoms with E-state index in [1.807, 2.05) is 12.1 Å². The average Bonchev–Trinajstić information content (AvgIpc) is 2.96. The standard InChI is InChI=1S/C30H21F9N4O3/c1-15-8-17(12-40)4-7-22(15)26(45)42-23-11-18(5-6-19(23)13-41)25(44)43-24-16(2)9-21(10-20(24)14-46-3)27(31,29(34,35)36)28(32,33)30(37,38)39/h4-11H,14H2,1-3H3,(H,42,45)(H,43,44). The summed E-state index contributed by atoms with van der Waals surface area (Å²) < 4.78 is 128. The van der Waals surface area contributed by atoms with Crippen LogP contribution in [0.1, 0.15) is 54.1 Å². The molecule has 0 heterocycles. The van der Waals surface area contributed by atoms with E-state index in [1.165, 1.54) is 18.2 Å². The topological polar surface area (TPSA) is 115 Å². The van der Waals surface area contributed by atoms with Gasteiger partial charge in [-0.2, -0.15) is 45.6 Å². The molecule has 0 aromatic heterocycles. The van der Waals surface area contributed by atoms with Crippen molar-refractivity contribution in [2.45, 2.75) is 44.4 Å². The Bertz CT molecular complexity index is 1770. The third-order valence-corrected chi connectivity index (χ3v) is 6.78. The zero-order valence-electron chi connectivity index (χ0n) is 23.8. The molecule has 1 unspecified atom stereocenters. The van der Waals surface area contributed by atoms with Gasteiger partial charge in [0.25, 0.3) is 11.8 Å². The van der Waals surface area contributed by atoms with Crippen LogP contribution in [0.5, 0.6) is 0 Å². The van der Waals surface area contributed by atoms with Crippen LogP contribution >= 0.6 is 0 Å². The van der Waals surface area contributed by atoms with Gasteiger partial charge in [0.15, 0.2) is 0 Å². The molecule has 3 aromatic rings. The molecule has 16 heteroatoms. The predicted octanol–water partition coefficient (Wildman–Crippen LogP) is 7.62. The summed E-state index contributed by atoms with van der Waals surface area (Å²) in [6, 6.07) is 11.5. The first-order valence-electron chi connectivity index (χ1n) is 12.7. The number of methoxy groups -OCH3 is 1. The highest BCUT2D eigenvalue weighted by molar-refractivity contribution is 6.09. The number of nitrogens with one attached hydrogen (secondary N) is 2. The van der Waals surface area contributed by atoms with Gasteiger partial charge in [0.1, 0.15) is 6.07 Å². The molecule has 3 rings (SSSR count). The minimum Gasteiger partial charge on any atom is -0.380 e. The van der Waals surface area contributed by atoms with E-state index < -0.39 is 64.7 Å². The summed E-state index contributed by atoms with van der Waals surface area (Å²) in [7, 11) is 0.996. The van der Waals surface area contributed by atoms with Crippen LogP contribution in [-0.2, 0) is 17.0 Å². The fraction of sp³-hybridized carbons (Fsp3) is 0.267. The monoisotopic (exact) mass is 656 g/mol. The molecule has 0 aliphatic carbocycles. The number of ether oxygens (including phenoxy) is 1. The van der Waals surface area contributed by atoms with Crippen molar-refractivity contribution in [1.29, 1.82) is 10.5 Å². The van der Waals surface area contributed by atoms with Crippen LogP contribution in [0.3, 0.4) is 0 Å². The van der Waals surface area contributed by atoms with Crippen molar-refractivity contribution in [1.82, 2.24) is 0 Å². The number of hydrogen-bond acceptors (Lipinski definition) is 5. The number of rotatable bonds is 8. The molecule has 2 N–H and O–H groups in total. The average molecular weight is 657 g/mol. The lowest BCUT2D eigenvalue weighted by Gasteiger charge is -2.36. The van der Waals surface area contributed by atoms with Crippen LogP contribution < -0.4 is 10.6 Å². The number of carbonyl (C=O) groups excluding carboxylic acids is 2. The first-order chi connectivity index (χ1) is 21.2. The molecule has 0 bridgehead atoms. The van der Waals surface area contributed by atoms with E-state index >= 15 is 4.39 Å². The Balaban J connectivity index is 2.05. The molecule has 0 fully saturated rings. The summed E-state index contributed by atoms with van der Waals surface area (Å²) in [5.41, 5.74) is -9.41. The number of nitrogens with zero attached hydrogens (tertiary/aromatic N) is 2. The van der Waals surface area contributed by atoms with E-state index in [4.69, 9.17) is 10.00 Å². The Labute approximate surface area is 255 Å². The smallest absolute Gasteiger partial charge is 0.380 e. The fourth-order valence-corrected chi connectivity index (χ4v) is 4.48. The minimum atomic E-state index is -6.93. The van der Waals surface area contributed by atoms with E-state index in [2.05, 4.69) is 10.6 Å². The van der Waals surface area contributed by atoms with E-state index in [0.717, 1.165) is 32.2 Å². The van der Waals surface area contributed by atoms with Gasteiger partial charge in [0, 0.05) is 35.1 Å². The lowest BCUT2D eigenvalue weighted by Crippen LogP contribution is -2.59. The van der Waals surface area contributed by atoms with E-state index in [1.54, 1.807) is 6.92 Å². The highest BCUT2D eigenvalue weighted by atomic mass is 19.4. The third kappa shape index (κ3) is 6.48. The van der Waals surface area contributed by atoms with E-state index in [9.17, 15) is 50.0 Å². The maximum atomic E-state index is 15.2. The van der Waals surface area contributed by atoms with Crippen molar-refractivity contribution in [3.63, 3.8) is 0 Å². The molecule has 1 atom stereocenters. The van der Waals surface area contributed by atoms with Crippen molar-refractivity contribution >= 4 is 23.2 Å². The van der Waals surface area contributed by atoms with Crippen LogP contribution in [0, 0.1) is 36.5 Å². The molecule has 46 heavy (non-hydrogen) atoms. The third-order valence-electron chi connectivity index (χ3n) is 6.78. The second-order valence-electron chi connectivity index (χ2n) is 9.91. The Kier molecular flexibility index (Phi) is 9.79. The van der Waals surface area contributed by atoms with Crippen LogP contribution in [-0.4, -0.2) is 37.2 Å². The number of anilines is 2. The summed E-state index contributed by atoms with van der Waals surface area (Å²) in [6.07, 6.45) is -13.7. The number of alkyl halides is 9. The molecular weight excluding hydrogens is 635 g/mol. The Hall–Kier alpha value is -5.09. The molecule has 0 aliphatic rings. The number of hydrogen-bond donors (Lipinski definition) is 2. The minimum absolute atomic E-state index is 0.0869. The van der Waals surface area contributed by atoms with E-state index in [0.29, 0.717) is 5.56 Å². The largest absolute Gasteiger partial charge is 0.457 e. The first kappa shape index (κ1) is 35.4. The molecule has 242 valence electrons. The van der Waals surface area contributed by atoms with Gasteiger partial charge in [-0.25, -0.2) is 4.39 Å². The Morgan fingerprint density at radius 1 is 0.783 bits per heavy atom. The van der Waals surface area contributed by atoms with Gasteiger partial charge in [-0.05, 0) is 67.4 Å². The summed E-state index contributed by atoms with van der Waals surface area (Å²) in [5, 5.41) is 23.3. The lowest BCUT2D eigenvalue weighted by atomic mass is 9.85. The highest BCUT2D eigenvalue weighted by Gasteiger charge is 2.81. The zero-order chi connectivity index (χ0) is 34.8. The van der Waals surface area contributed by atoms with Crippen molar-refractivity contribution in [2.24, 2.45) is 0 Å². The first-order valence-corrected chi connectivity index (χ1v) is 12.7. The summed E-state index contributed by atoms with van der Waals surface area (Å²) in [4.78, 5) is 26.1. The molecule has 7 nitrogen and oxygen atoms in total. The van der Waals surface area contributed by atoms with Gasteiger partial charge in [-0.3, -0.25) is 9.59 Å². The number of nitriles is 2. The summed E-state index contributed by atoms with van der Waals surface area (Å²) >= 11 is 0. The molecule has 0 saturated heterocycles. The second kappa shape index (κ2) is 12.7. The molecule has 3 aromatic carbocycles.